The Balaban J connectivity index is 2.64. The molecular formula is C10H16N4OS. The minimum Gasteiger partial charge on any atom is -0.341 e. The van der Waals surface area contributed by atoms with E-state index in [0.717, 1.165) is 12.3 Å². The highest BCUT2D eigenvalue weighted by Gasteiger charge is 2.11. The average molecular weight is 240 g/mol. The quantitative estimate of drug-likeness (QED) is 0.588. The Hall–Kier alpha value is -1.27. The minimum atomic E-state index is -0.0230. The number of carbonyl (C=O) groups excluding carboxylic acids is 1. The molecule has 0 saturated heterocycles. The van der Waals surface area contributed by atoms with Gasteiger partial charge in [0.2, 0.25) is 0 Å². The molecule has 1 amide bonds. The highest BCUT2D eigenvalue weighted by Crippen LogP contribution is 2.06. The summed E-state index contributed by atoms with van der Waals surface area (Å²) in [5, 5.41) is 0. The first kappa shape index (κ1) is 12.8. The van der Waals surface area contributed by atoms with Crippen LogP contribution in [0.1, 0.15) is 10.4 Å². The molecule has 6 heteroatoms. The van der Waals surface area contributed by atoms with Gasteiger partial charge in [-0.15, -0.1) is 0 Å². The Morgan fingerprint density at radius 3 is 2.88 bits per heavy atom. The molecule has 1 rings (SSSR count). The van der Waals surface area contributed by atoms with E-state index < -0.39 is 0 Å². The Morgan fingerprint density at radius 2 is 2.38 bits per heavy atom. The van der Waals surface area contributed by atoms with Crippen LogP contribution in [0, 0.1) is 0 Å². The third-order valence-electron chi connectivity index (χ3n) is 2.14. The van der Waals surface area contributed by atoms with Crippen LogP contribution in [0.2, 0.25) is 0 Å². The van der Waals surface area contributed by atoms with Crippen molar-refractivity contribution >= 4 is 23.5 Å². The zero-order valence-electron chi connectivity index (χ0n) is 9.43. The highest BCUT2D eigenvalue weighted by molar-refractivity contribution is 7.98. The number of aromatic nitrogens is 1. The van der Waals surface area contributed by atoms with E-state index >= 15 is 0 Å². The highest BCUT2D eigenvalue weighted by atomic mass is 32.2. The topological polar surface area (TPSA) is 71.2 Å². The molecule has 0 aromatic carbocycles. The molecular weight excluding hydrogens is 224 g/mol. The van der Waals surface area contributed by atoms with Gasteiger partial charge >= 0.3 is 0 Å². The number of carbonyl (C=O) groups is 1. The third kappa shape index (κ3) is 3.39. The summed E-state index contributed by atoms with van der Waals surface area (Å²) >= 11 is 1.71. The summed E-state index contributed by atoms with van der Waals surface area (Å²) in [6.07, 6.45) is 3.54. The normalized spacial score (nSPS) is 9.94. The van der Waals surface area contributed by atoms with Crippen LogP contribution in [-0.2, 0) is 0 Å². The van der Waals surface area contributed by atoms with Crippen LogP contribution in [0.4, 0.5) is 5.82 Å². The first-order valence-electron chi connectivity index (χ1n) is 4.86. The van der Waals surface area contributed by atoms with Crippen LogP contribution >= 0.6 is 11.8 Å². The second-order valence-electron chi connectivity index (χ2n) is 3.30. The predicted octanol–water partition coefficient (Wildman–Crippen LogP) is 0.802. The van der Waals surface area contributed by atoms with Gasteiger partial charge in [-0.3, -0.25) is 4.79 Å². The lowest BCUT2D eigenvalue weighted by atomic mass is 10.2. The van der Waals surface area contributed by atoms with Crippen LogP contribution < -0.4 is 11.3 Å². The lowest BCUT2D eigenvalue weighted by Crippen LogP contribution is -2.29. The van der Waals surface area contributed by atoms with E-state index in [1.807, 2.05) is 6.26 Å². The number of amides is 1. The van der Waals surface area contributed by atoms with Gasteiger partial charge in [-0.1, -0.05) is 0 Å². The molecule has 0 bridgehead atoms. The Labute approximate surface area is 99.4 Å². The van der Waals surface area contributed by atoms with Crippen LogP contribution in [0.25, 0.3) is 0 Å². The zero-order valence-corrected chi connectivity index (χ0v) is 10.3. The van der Waals surface area contributed by atoms with E-state index in [1.165, 1.54) is 6.20 Å². The van der Waals surface area contributed by atoms with Gasteiger partial charge in [-0.05, 0) is 18.4 Å². The van der Waals surface area contributed by atoms with Crippen molar-refractivity contribution in [3.8, 4) is 0 Å². The monoisotopic (exact) mass is 240 g/mol. The molecule has 16 heavy (non-hydrogen) atoms. The number of rotatable bonds is 5. The van der Waals surface area contributed by atoms with Gasteiger partial charge in [-0.25, -0.2) is 10.8 Å². The van der Waals surface area contributed by atoms with E-state index in [9.17, 15) is 4.79 Å². The number of anilines is 1. The number of hydrogen-bond donors (Lipinski definition) is 2. The van der Waals surface area contributed by atoms with E-state index in [0.29, 0.717) is 11.4 Å². The number of hydrazine groups is 1. The van der Waals surface area contributed by atoms with E-state index in [1.54, 1.807) is 35.8 Å². The summed E-state index contributed by atoms with van der Waals surface area (Å²) in [5.74, 6) is 6.64. The Morgan fingerprint density at radius 1 is 1.62 bits per heavy atom. The first-order chi connectivity index (χ1) is 7.69. The van der Waals surface area contributed by atoms with E-state index in [4.69, 9.17) is 5.84 Å². The lowest BCUT2D eigenvalue weighted by Gasteiger charge is -2.16. The van der Waals surface area contributed by atoms with Crippen molar-refractivity contribution < 1.29 is 4.79 Å². The number of hydrogen-bond acceptors (Lipinski definition) is 5. The molecule has 0 atom stereocenters. The molecule has 0 fully saturated rings. The number of nitrogen functional groups attached to an aromatic ring is 1. The largest absolute Gasteiger partial charge is 0.341 e. The Bertz CT molecular complexity index is 341. The van der Waals surface area contributed by atoms with Gasteiger partial charge in [0, 0.05) is 25.5 Å². The summed E-state index contributed by atoms with van der Waals surface area (Å²) in [6.45, 7) is 0.733. The summed E-state index contributed by atoms with van der Waals surface area (Å²) in [4.78, 5) is 17.6. The van der Waals surface area contributed by atoms with Crippen molar-refractivity contribution in [2.24, 2.45) is 5.84 Å². The molecule has 0 aliphatic heterocycles. The molecule has 0 saturated carbocycles. The van der Waals surface area contributed by atoms with Crippen molar-refractivity contribution in [2.45, 2.75) is 0 Å². The molecule has 0 unspecified atom stereocenters. The first-order valence-corrected chi connectivity index (χ1v) is 6.25. The van der Waals surface area contributed by atoms with Crippen LogP contribution in [-0.4, -0.2) is 41.4 Å². The second kappa shape index (κ2) is 6.34. The molecule has 3 N–H and O–H groups in total. The summed E-state index contributed by atoms with van der Waals surface area (Å²) < 4.78 is 0. The lowest BCUT2D eigenvalue weighted by molar-refractivity contribution is 0.0803. The maximum absolute atomic E-state index is 11.9. The van der Waals surface area contributed by atoms with Gasteiger partial charge in [-0.2, -0.15) is 11.8 Å². The molecule has 0 radical (unpaired) electrons. The standard InChI is InChI=1S/C10H16N4OS/c1-14(5-6-16-2)10(15)8-3-4-9(13-11)12-7-8/h3-4,7H,5-6,11H2,1-2H3,(H,12,13). The van der Waals surface area contributed by atoms with Crippen LogP contribution in [0.15, 0.2) is 18.3 Å². The molecule has 1 heterocycles. The van der Waals surface area contributed by atoms with Crippen molar-refractivity contribution in [3.05, 3.63) is 23.9 Å². The van der Waals surface area contributed by atoms with Crippen molar-refractivity contribution in [1.29, 1.82) is 0 Å². The van der Waals surface area contributed by atoms with Crippen molar-refractivity contribution in [1.82, 2.24) is 9.88 Å². The van der Waals surface area contributed by atoms with E-state index in [-0.39, 0.29) is 5.91 Å². The predicted molar refractivity (Wildman–Crippen MR) is 67.4 cm³/mol. The van der Waals surface area contributed by atoms with E-state index in [2.05, 4.69) is 10.4 Å². The molecule has 88 valence electrons. The maximum Gasteiger partial charge on any atom is 0.255 e. The fraction of sp³-hybridized carbons (Fsp3) is 0.400. The maximum atomic E-state index is 11.9. The molecule has 0 spiro atoms. The van der Waals surface area contributed by atoms with Gasteiger partial charge in [0.05, 0.1) is 5.56 Å². The van der Waals surface area contributed by atoms with Gasteiger partial charge in [0.25, 0.3) is 5.91 Å². The molecule has 0 aliphatic rings. The second-order valence-corrected chi connectivity index (χ2v) is 4.28. The third-order valence-corrected chi connectivity index (χ3v) is 2.73. The fourth-order valence-corrected chi connectivity index (χ4v) is 1.61. The summed E-state index contributed by atoms with van der Waals surface area (Å²) in [6, 6.07) is 3.38. The van der Waals surface area contributed by atoms with Crippen LogP contribution in [0.3, 0.4) is 0 Å². The van der Waals surface area contributed by atoms with Gasteiger partial charge in [0.15, 0.2) is 0 Å². The minimum absolute atomic E-state index is 0.0230. The number of nitrogens with zero attached hydrogens (tertiary/aromatic N) is 2. The molecule has 5 nitrogen and oxygen atoms in total. The number of pyridine rings is 1. The van der Waals surface area contributed by atoms with Gasteiger partial charge < -0.3 is 10.3 Å². The van der Waals surface area contributed by atoms with Gasteiger partial charge in [0.1, 0.15) is 5.82 Å². The molecule has 0 aliphatic carbocycles. The number of nitrogens with two attached hydrogens (primary N) is 1. The Kier molecular flexibility index (Phi) is 5.07. The van der Waals surface area contributed by atoms with Crippen molar-refractivity contribution in [3.63, 3.8) is 0 Å². The number of nitrogens with one attached hydrogen (secondary N) is 1. The zero-order chi connectivity index (χ0) is 12.0. The smallest absolute Gasteiger partial charge is 0.255 e. The van der Waals surface area contributed by atoms with Crippen molar-refractivity contribution in [2.75, 3.05) is 31.0 Å². The molecule has 1 aromatic heterocycles. The fourth-order valence-electron chi connectivity index (χ4n) is 1.16. The van der Waals surface area contributed by atoms with Crippen LogP contribution in [0.5, 0.6) is 0 Å². The average Bonchev–Trinajstić information content (AvgIpc) is 2.35. The number of thioether (sulfide) groups is 1. The molecule has 1 aromatic rings. The summed E-state index contributed by atoms with van der Waals surface area (Å²) in [5.41, 5.74) is 2.99. The summed E-state index contributed by atoms with van der Waals surface area (Å²) in [7, 11) is 1.79. The SMILES string of the molecule is CSCCN(C)C(=O)c1ccc(NN)nc1.